The van der Waals surface area contributed by atoms with E-state index in [0.29, 0.717) is 5.54 Å². The minimum atomic E-state index is 0.337. The Hall–Kier alpha value is -0.0800. The van der Waals surface area contributed by atoms with Crippen LogP contribution in [-0.4, -0.2) is 30.1 Å². The molecule has 0 aromatic rings. The van der Waals surface area contributed by atoms with Crippen LogP contribution in [0.2, 0.25) is 0 Å². The molecular formula is C16H32N2. The summed E-state index contributed by atoms with van der Waals surface area (Å²) >= 11 is 0. The van der Waals surface area contributed by atoms with Crippen molar-refractivity contribution >= 4 is 0 Å². The van der Waals surface area contributed by atoms with Crippen molar-refractivity contribution in [3.63, 3.8) is 0 Å². The Balaban J connectivity index is 1.98. The second-order valence-electron chi connectivity index (χ2n) is 6.80. The highest BCUT2D eigenvalue weighted by Crippen LogP contribution is 2.37. The van der Waals surface area contributed by atoms with Crippen LogP contribution in [0.3, 0.4) is 0 Å². The first kappa shape index (κ1) is 14.3. The average Bonchev–Trinajstić information content (AvgIpc) is 2.90. The topological polar surface area (TPSA) is 29.3 Å². The average molecular weight is 252 g/mol. The van der Waals surface area contributed by atoms with E-state index >= 15 is 0 Å². The predicted molar refractivity (Wildman–Crippen MR) is 78.6 cm³/mol. The Kier molecular flexibility index (Phi) is 5.08. The van der Waals surface area contributed by atoms with E-state index in [1.807, 2.05) is 0 Å². The van der Waals surface area contributed by atoms with Crippen LogP contribution in [0.15, 0.2) is 0 Å². The third-order valence-corrected chi connectivity index (χ3v) is 5.59. The molecule has 0 aliphatic heterocycles. The molecule has 0 aromatic heterocycles. The van der Waals surface area contributed by atoms with E-state index in [-0.39, 0.29) is 0 Å². The van der Waals surface area contributed by atoms with Gasteiger partial charge < -0.3 is 5.73 Å². The first-order chi connectivity index (χ1) is 8.70. The third-order valence-electron chi connectivity index (χ3n) is 5.59. The normalized spacial score (nSPS) is 34.3. The maximum Gasteiger partial charge on any atom is 0.0331 e. The molecule has 2 N–H and O–H groups in total. The second-order valence-corrected chi connectivity index (χ2v) is 6.80. The largest absolute Gasteiger partial charge is 0.329 e. The van der Waals surface area contributed by atoms with Crippen LogP contribution in [0.4, 0.5) is 0 Å². The molecule has 0 amide bonds. The highest BCUT2D eigenvalue weighted by atomic mass is 15.2. The monoisotopic (exact) mass is 252 g/mol. The lowest BCUT2D eigenvalue weighted by molar-refractivity contribution is 0.0366. The van der Waals surface area contributed by atoms with Crippen molar-refractivity contribution in [2.75, 3.05) is 19.6 Å². The number of likely N-dealkylation sites (N-methyl/N-ethyl adjacent to an activating group) is 1. The summed E-state index contributed by atoms with van der Waals surface area (Å²) in [6, 6.07) is 0. The summed E-state index contributed by atoms with van der Waals surface area (Å²) in [4.78, 5) is 2.74. The van der Waals surface area contributed by atoms with Gasteiger partial charge in [0.05, 0.1) is 0 Å². The molecule has 2 saturated carbocycles. The zero-order valence-electron chi connectivity index (χ0n) is 12.5. The highest BCUT2D eigenvalue weighted by molar-refractivity contribution is 4.96. The van der Waals surface area contributed by atoms with Gasteiger partial charge in [0.15, 0.2) is 0 Å². The van der Waals surface area contributed by atoms with Gasteiger partial charge in [-0.3, -0.25) is 4.90 Å². The molecule has 0 heterocycles. The van der Waals surface area contributed by atoms with Gasteiger partial charge >= 0.3 is 0 Å². The molecule has 0 atom stereocenters. The minimum absolute atomic E-state index is 0.337. The molecule has 0 radical (unpaired) electrons. The number of hydrogen-bond donors (Lipinski definition) is 1. The Morgan fingerprint density at radius 1 is 1.11 bits per heavy atom. The SMILES string of the molecule is CCN(CC1CCCC1)C1(CN)CCC(C)CC1. The van der Waals surface area contributed by atoms with Crippen LogP contribution < -0.4 is 5.73 Å². The molecule has 0 aromatic carbocycles. The Labute approximate surface area is 113 Å². The fourth-order valence-corrected chi connectivity index (χ4v) is 4.11. The van der Waals surface area contributed by atoms with Crippen molar-refractivity contribution in [3.8, 4) is 0 Å². The van der Waals surface area contributed by atoms with Crippen molar-refractivity contribution in [2.24, 2.45) is 17.6 Å². The standard InChI is InChI=1S/C16H32N2/c1-3-18(12-15-6-4-5-7-15)16(13-17)10-8-14(2)9-11-16/h14-15H,3-13,17H2,1-2H3. The van der Waals surface area contributed by atoms with E-state index in [0.717, 1.165) is 18.4 Å². The quantitative estimate of drug-likeness (QED) is 0.812. The van der Waals surface area contributed by atoms with Gasteiger partial charge in [0.25, 0.3) is 0 Å². The first-order valence-electron chi connectivity index (χ1n) is 8.15. The molecule has 0 bridgehead atoms. The summed E-state index contributed by atoms with van der Waals surface area (Å²) in [7, 11) is 0. The van der Waals surface area contributed by atoms with Crippen molar-refractivity contribution in [3.05, 3.63) is 0 Å². The Bertz CT molecular complexity index is 237. The van der Waals surface area contributed by atoms with Gasteiger partial charge in [-0.2, -0.15) is 0 Å². The lowest BCUT2D eigenvalue weighted by Gasteiger charge is -2.48. The fraction of sp³-hybridized carbons (Fsp3) is 1.00. The minimum Gasteiger partial charge on any atom is -0.329 e. The van der Waals surface area contributed by atoms with Gasteiger partial charge in [0, 0.05) is 18.6 Å². The van der Waals surface area contributed by atoms with Crippen molar-refractivity contribution < 1.29 is 0 Å². The maximum absolute atomic E-state index is 6.19. The fourth-order valence-electron chi connectivity index (χ4n) is 4.11. The number of hydrogen-bond acceptors (Lipinski definition) is 2. The predicted octanol–water partition coefficient (Wildman–Crippen LogP) is 3.41. The van der Waals surface area contributed by atoms with Crippen LogP contribution in [0.1, 0.15) is 65.2 Å². The second kappa shape index (κ2) is 6.38. The molecule has 2 heteroatoms. The number of nitrogens with zero attached hydrogens (tertiary/aromatic N) is 1. The van der Waals surface area contributed by atoms with E-state index < -0.39 is 0 Å². The van der Waals surface area contributed by atoms with Crippen LogP contribution >= 0.6 is 0 Å². The van der Waals surface area contributed by atoms with Crippen LogP contribution in [0.5, 0.6) is 0 Å². The van der Waals surface area contributed by atoms with E-state index in [1.54, 1.807) is 0 Å². The molecule has 0 spiro atoms. The molecule has 2 aliphatic carbocycles. The lowest BCUT2D eigenvalue weighted by atomic mass is 9.75. The van der Waals surface area contributed by atoms with E-state index in [9.17, 15) is 0 Å². The molecule has 18 heavy (non-hydrogen) atoms. The smallest absolute Gasteiger partial charge is 0.0331 e. The van der Waals surface area contributed by atoms with Gasteiger partial charge in [0.2, 0.25) is 0 Å². The number of rotatable bonds is 5. The van der Waals surface area contributed by atoms with E-state index in [1.165, 1.54) is 64.5 Å². The number of nitrogens with two attached hydrogens (primary N) is 1. The van der Waals surface area contributed by atoms with E-state index in [4.69, 9.17) is 5.73 Å². The third kappa shape index (κ3) is 3.08. The molecule has 106 valence electrons. The van der Waals surface area contributed by atoms with Crippen molar-refractivity contribution in [1.82, 2.24) is 4.90 Å². The lowest BCUT2D eigenvalue weighted by Crippen LogP contribution is -2.56. The van der Waals surface area contributed by atoms with E-state index in [2.05, 4.69) is 18.7 Å². The summed E-state index contributed by atoms with van der Waals surface area (Å²) in [5, 5.41) is 0. The molecule has 2 fully saturated rings. The van der Waals surface area contributed by atoms with Gasteiger partial charge in [-0.05, 0) is 56.9 Å². The molecule has 2 aliphatic rings. The molecular weight excluding hydrogens is 220 g/mol. The van der Waals surface area contributed by atoms with Crippen LogP contribution in [0, 0.1) is 11.8 Å². The van der Waals surface area contributed by atoms with Gasteiger partial charge in [-0.1, -0.05) is 26.7 Å². The summed E-state index contributed by atoms with van der Waals surface area (Å²) in [5.74, 6) is 1.86. The summed E-state index contributed by atoms with van der Waals surface area (Å²) in [5.41, 5.74) is 6.53. The van der Waals surface area contributed by atoms with Gasteiger partial charge in [-0.25, -0.2) is 0 Å². The van der Waals surface area contributed by atoms with Crippen molar-refractivity contribution in [2.45, 2.75) is 70.8 Å². The Morgan fingerprint density at radius 3 is 2.22 bits per heavy atom. The Morgan fingerprint density at radius 2 is 1.72 bits per heavy atom. The summed E-state index contributed by atoms with van der Waals surface area (Å²) in [6.07, 6.45) is 11.2. The zero-order chi connectivity index (χ0) is 13.0. The van der Waals surface area contributed by atoms with Gasteiger partial charge in [-0.15, -0.1) is 0 Å². The first-order valence-corrected chi connectivity index (χ1v) is 8.15. The molecule has 0 saturated heterocycles. The molecule has 0 unspecified atom stereocenters. The summed E-state index contributed by atoms with van der Waals surface area (Å²) in [6.45, 7) is 8.07. The molecule has 2 nitrogen and oxygen atoms in total. The van der Waals surface area contributed by atoms with Crippen LogP contribution in [-0.2, 0) is 0 Å². The van der Waals surface area contributed by atoms with Gasteiger partial charge in [0.1, 0.15) is 0 Å². The summed E-state index contributed by atoms with van der Waals surface area (Å²) < 4.78 is 0. The maximum atomic E-state index is 6.19. The van der Waals surface area contributed by atoms with Crippen molar-refractivity contribution in [1.29, 1.82) is 0 Å². The highest BCUT2D eigenvalue weighted by Gasteiger charge is 2.38. The zero-order valence-corrected chi connectivity index (χ0v) is 12.5. The van der Waals surface area contributed by atoms with Crippen LogP contribution in [0.25, 0.3) is 0 Å². The molecule has 2 rings (SSSR count).